The predicted molar refractivity (Wildman–Crippen MR) is 113 cm³/mol. The number of thiophene rings is 1. The number of nitrogens with one attached hydrogen (secondary N) is 1. The van der Waals surface area contributed by atoms with Gasteiger partial charge < -0.3 is 10.2 Å². The third-order valence-electron chi connectivity index (χ3n) is 5.23. The Balaban J connectivity index is 1.76. The summed E-state index contributed by atoms with van der Waals surface area (Å²) in [4.78, 5) is 40.6. The second kappa shape index (κ2) is 7.64. The minimum atomic E-state index is -0.562. The fourth-order valence-electron chi connectivity index (χ4n) is 3.81. The van der Waals surface area contributed by atoms with Gasteiger partial charge in [-0.15, -0.1) is 11.3 Å². The number of anilines is 1. The molecule has 0 saturated heterocycles. The number of amides is 2. The zero-order chi connectivity index (χ0) is 20.5. The lowest BCUT2D eigenvalue weighted by Gasteiger charge is -2.39. The van der Waals surface area contributed by atoms with E-state index in [1.807, 2.05) is 29.6 Å². The van der Waals surface area contributed by atoms with Crippen molar-refractivity contribution < 1.29 is 14.4 Å². The highest BCUT2D eigenvalue weighted by Gasteiger charge is 2.43. The molecule has 2 atom stereocenters. The maximum Gasteiger partial charge on any atom is 0.254 e. The normalized spacial score (nSPS) is 18.3. The summed E-state index contributed by atoms with van der Waals surface area (Å²) in [7, 11) is 1.74. The number of hydrogen-bond acceptors (Lipinski definition) is 4. The predicted octanol–water partition coefficient (Wildman–Crippen LogP) is 4.50. The van der Waals surface area contributed by atoms with Crippen LogP contribution in [-0.2, 0) is 4.79 Å². The van der Waals surface area contributed by atoms with E-state index in [2.05, 4.69) is 5.32 Å². The zero-order valence-corrected chi connectivity index (χ0v) is 16.9. The van der Waals surface area contributed by atoms with Crippen molar-refractivity contribution in [3.05, 3.63) is 87.6 Å². The minimum absolute atomic E-state index is 0.0640. The molecule has 0 radical (unpaired) electrons. The van der Waals surface area contributed by atoms with E-state index >= 15 is 0 Å². The lowest BCUT2D eigenvalue weighted by atomic mass is 9.81. The van der Waals surface area contributed by atoms with Crippen molar-refractivity contribution in [1.29, 1.82) is 0 Å². The van der Waals surface area contributed by atoms with Crippen molar-refractivity contribution in [3.63, 3.8) is 0 Å². The van der Waals surface area contributed by atoms with Crippen LogP contribution in [0.3, 0.4) is 0 Å². The van der Waals surface area contributed by atoms with Gasteiger partial charge in [-0.25, -0.2) is 0 Å². The van der Waals surface area contributed by atoms with Gasteiger partial charge in [-0.2, -0.15) is 0 Å². The molecule has 1 aromatic heterocycles. The van der Waals surface area contributed by atoms with Crippen molar-refractivity contribution in [2.45, 2.75) is 18.9 Å². The van der Waals surface area contributed by atoms with E-state index in [1.165, 1.54) is 18.3 Å². The van der Waals surface area contributed by atoms with Gasteiger partial charge in [-0.05, 0) is 42.1 Å². The molecule has 1 aliphatic rings. The smallest absolute Gasteiger partial charge is 0.254 e. The summed E-state index contributed by atoms with van der Waals surface area (Å²) in [5, 5.41) is 4.89. The summed E-state index contributed by atoms with van der Waals surface area (Å²) >= 11 is 1.53. The van der Waals surface area contributed by atoms with Crippen LogP contribution in [-0.4, -0.2) is 29.5 Å². The van der Waals surface area contributed by atoms with Gasteiger partial charge in [0.25, 0.3) is 5.91 Å². The van der Waals surface area contributed by atoms with Crippen molar-refractivity contribution in [2.75, 3.05) is 12.4 Å². The molecule has 3 aromatic rings. The van der Waals surface area contributed by atoms with Crippen molar-refractivity contribution >= 4 is 34.6 Å². The van der Waals surface area contributed by atoms with E-state index in [9.17, 15) is 14.4 Å². The summed E-state index contributed by atoms with van der Waals surface area (Å²) in [5.74, 6) is -0.933. The van der Waals surface area contributed by atoms with Gasteiger partial charge >= 0.3 is 0 Å². The first kappa shape index (κ1) is 19.1. The quantitative estimate of drug-likeness (QED) is 0.651. The van der Waals surface area contributed by atoms with Crippen molar-refractivity contribution in [1.82, 2.24) is 4.90 Å². The summed E-state index contributed by atoms with van der Waals surface area (Å²) in [6.07, 6.45) is 0. The standard InChI is InChI=1S/C23H20N2O3S/c1-14(26)15-7-5-8-16(13-15)24-22(27)20-17-9-3-4-10-18(17)23(28)25(2)21(20)19-11-6-12-29-19/h3-13,20-21H,1-2H3,(H,24,27)/t20-,21+/m0/s1. The van der Waals surface area contributed by atoms with E-state index in [-0.39, 0.29) is 17.6 Å². The number of likely N-dealkylation sites (N-methyl/N-ethyl adjacent to an activating group) is 1. The van der Waals surface area contributed by atoms with Crippen LogP contribution >= 0.6 is 11.3 Å². The Bertz CT molecular complexity index is 1090. The van der Waals surface area contributed by atoms with Gasteiger partial charge in [0, 0.05) is 28.7 Å². The molecule has 146 valence electrons. The first-order valence-corrected chi connectivity index (χ1v) is 10.2. The van der Waals surface area contributed by atoms with E-state index in [1.54, 1.807) is 48.3 Å². The molecule has 6 heteroatoms. The SMILES string of the molecule is CC(=O)c1cccc(NC(=O)[C@H]2c3ccccc3C(=O)N(C)[C@@H]2c2cccs2)c1. The van der Waals surface area contributed by atoms with Gasteiger partial charge in [0.15, 0.2) is 5.78 Å². The molecule has 5 nitrogen and oxygen atoms in total. The Morgan fingerprint density at radius 1 is 1.03 bits per heavy atom. The zero-order valence-electron chi connectivity index (χ0n) is 16.1. The van der Waals surface area contributed by atoms with Crippen LogP contribution in [0.4, 0.5) is 5.69 Å². The molecule has 29 heavy (non-hydrogen) atoms. The van der Waals surface area contributed by atoms with E-state index in [4.69, 9.17) is 0 Å². The second-order valence-electron chi connectivity index (χ2n) is 7.07. The van der Waals surface area contributed by atoms with Crippen LogP contribution in [0.2, 0.25) is 0 Å². The van der Waals surface area contributed by atoms with Crippen LogP contribution < -0.4 is 5.32 Å². The van der Waals surface area contributed by atoms with Gasteiger partial charge in [0.1, 0.15) is 0 Å². The summed E-state index contributed by atoms with van der Waals surface area (Å²) in [6.45, 7) is 1.49. The Labute approximate surface area is 173 Å². The number of rotatable bonds is 4. The van der Waals surface area contributed by atoms with Crippen LogP contribution in [0.1, 0.15) is 50.0 Å². The lowest BCUT2D eigenvalue weighted by molar-refractivity contribution is -0.119. The van der Waals surface area contributed by atoms with E-state index < -0.39 is 12.0 Å². The van der Waals surface area contributed by atoms with E-state index in [0.29, 0.717) is 22.4 Å². The largest absolute Gasteiger partial charge is 0.333 e. The molecule has 0 bridgehead atoms. The number of benzene rings is 2. The number of carbonyl (C=O) groups is 3. The Hall–Kier alpha value is -3.25. The molecule has 2 amide bonds. The highest BCUT2D eigenvalue weighted by molar-refractivity contribution is 7.10. The second-order valence-corrected chi connectivity index (χ2v) is 8.05. The molecule has 1 aliphatic heterocycles. The highest BCUT2D eigenvalue weighted by Crippen LogP contribution is 2.43. The number of ketones is 1. The maximum absolute atomic E-state index is 13.4. The molecule has 1 N–H and O–H groups in total. The van der Waals surface area contributed by atoms with Crippen LogP contribution in [0.5, 0.6) is 0 Å². The van der Waals surface area contributed by atoms with Gasteiger partial charge in [-0.1, -0.05) is 36.4 Å². The number of hydrogen-bond donors (Lipinski definition) is 1. The van der Waals surface area contributed by atoms with Gasteiger partial charge in [0.05, 0.1) is 12.0 Å². The average Bonchev–Trinajstić information content (AvgIpc) is 3.25. The Morgan fingerprint density at radius 3 is 2.55 bits per heavy atom. The first-order chi connectivity index (χ1) is 14.0. The number of Topliss-reactive ketones (excluding diaryl/α,β-unsaturated/α-hetero) is 1. The molecule has 0 saturated carbocycles. The van der Waals surface area contributed by atoms with Gasteiger partial charge in [-0.3, -0.25) is 14.4 Å². The molecular formula is C23H20N2O3S. The fourth-order valence-corrected chi connectivity index (χ4v) is 4.71. The summed E-state index contributed by atoms with van der Waals surface area (Å²) in [6, 6.07) is 17.6. The first-order valence-electron chi connectivity index (χ1n) is 9.28. The topological polar surface area (TPSA) is 66.5 Å². The monoisotopic (exact) mass is 404 g/mol. The maximum atomic E-state index is 13.4. The van der Waals surface area contributed by atoms with Crippen molar-refractivity contribution in [2.24, 2.45) is 0 Å². The molecule has 0 fully saturated rings. The summed E-state index contributed by atoms with van der Waals surface area (Å²) < 4.78 is 0. The number of fused-ring (bicyclic) bond motifs is 1. The third kappa shape index (κ3) is 3.47. The van der Waals surface area contributed by atoms with Crippen molar-refractivity contribution in [3.8, 4) is 0 Å². The Morgan fingerprint density at radius 2 is 1.83 bits per heavy atom. The van der Waals surface area contributed by atoms with Gasteiger partial charge in [0.2, 0.25) is 5.91 Å². The highest BCUT2D eigenvalue weighted by atomic mass is 32.1. The third-order valence-corrected chi connectivity index (χ3v) is 6.18. The summed E-state index contributed by atoms with van der Waals surface area (Å²) in [5.41, 5.74) is 2.35. The molecular weight excluding hydrogens is 384 g/mol. The molecule has 2 heterocycles. The molecule has 2 aromatic carbocycles. The van der Waals surface area contributed by atoms with Crippen LogP contribution in [0, 0.1) is 0 Å². The molecule has 0 unspecified atom stereocenters. The van der Waals surface area contributed by atoms with Crippen LogP contribution in [0.25, 0.3) is 0 Å². The fraction of sp³-hybridized carbons (Fsp3) is 0.174. The minimum Gasteiger partial charge on any atom is -0.333 e. The average molecular weight is 404 g/mol. The van der Waals surface area contributed by atoms with E-state index in [0.717, 1.165) is 4.88 Å². The molecule has 0 aliphatic carbocycles. The number of nitrogens with zero attached hydrogens (tertiary/aromatic N) is 1. The molecule has 0 spiro atoms. The molecule has 4 rings (SSSR count). The van der Waals surface area contributed by atoms with Crippen LogP contribution in [0.15, 0.2) is 66.0 Å². The lowest BCUT2D eigenvalue weighted by Crippen LogP contribution is -2.43. The number of carbonyl (C=O) groups excluding carboxylic acids is 3. The Kier molecular flexibility index (Phi) is 5.03.